The van der Waals surface area contributed by atoms with Gasteiger partial charge < -0.3 is 31.5 Å². The second kappa shape index (κ2) is 9.81. The number of primary amides is 1. The van der Waals surface area contributed by atoms with Crippen LogP contribution in [0.2, 0.25) is 0 Å². The summed E-state index contributed by atoms with van der Waals surface area (Å²) >= 11 is 0. The van der Waals surface area contributed by atoms with Crippen LogP contribution in [0.25, 0.3) is 0 Å². The zero-order valence-electron chi connectivity index (χ0n) is 22.6. The van der Waals surface area contributed by atoms with E-state index in [1.807, 2.05) is 0 Å². The van der Waals surface area contributed by atoms with E-state index in [0.29, 0.717) is 0 Å². The molecule has 5 rings (SSSR count). The van der Waals surface area contributed by atoms with Crippen LogP contribution in [0.1, 0.15) is 28.8 Å². The minimum absolute atomic E-state index is 0.0556. The van der Waals surface area contributed by atoms with E-state index in [0.717, 1.165) is 6.07 Å². The van der Waals surface area contributed by atoms with Crippen LogP contribution in [0.3, 0.4) is 0 Å². The number of phenols is 1. The summed E-state index contributed by atoms with van der Waals surface area (Å²) in [7, 11) is 2.96. The largest absolute Gasteiger partial charge is 0.510 e. The summed E-state index contributed by atoms with van der Waals surface area (Å²) in [5.74, 6) is -13.7. The number of aliphatic hydroxyl groups excluding tert-OH is 2. The normalized spacial score (nSPS) is 29.0. The molecule has 1 saturated heterocycles. The number of carbonyl (C=O) groups excluding carboxylic acids is 4. The lowest BCUT2D eigenvalue weighted by Gasteiger charge is -2.50. The molecule has 7 N–H and O–H groups in total. The highest BCUT2D eigenvalue weighted by molar-refractivity contribution is 6.25. The third-order valence-corrected chi connectivity index (χ3v) is 8.56. The van der Waals surface area contributed by atoms with Crippen molar-refractivity contribution in [2.45, 2.75) is 36.8 Å². The number of alkyl halides is 2. The molecule has 0 spiro atoms. The minimum Gasteiger partial charge on any atom is -0.510 e. The van der Waals surface area contributed by atoms with Crippen molar-refractivity contribution in [3.05, 3.63) is 45.7 Å². The smallest absolute Gasteiger partial charge is 0.261 e. The highest BCUT2D eigenvalue weighted by atomic mass is 19.3. The van der Waals surface area contributed by atoms with Gasteiger partial charge in [0, 0.05) is 36.1 Å². The number of fused-ring (bicyclic) bond motifs is 3. The first-order valence-electron chi connectivity index (χ1n) is 13.1. The van der Waals surface area contributed by atoms with Crippen LogP contribution in [-0.2, 0) is 20.8 Å². The van der Waals surface area contributed by atoms with E-state index in [1.165, 1.54) is 23.9 Å². The summed E-state index contributed by atoms with van der Waals surface area (Å²) in [5.41, 5.74) is -0.411. The van der Waals surface area contributed by atoms with Crippen LogP contribution in [0.4, 0.5) is 18.9 Å². The van der Waals surface area contributed by atoms with E-state index in [-0.39, 0.29) is 24.9 Å². The molecule has 0 saturated carbocycles. The predicted molar refractivity (Wildman–Crippen MR) is 138 cm³/mol. The van der Waals surface area contributed by atoms with Gasteiger partial charge >= 0.3 is 0 Å². The van der Waals surface area contributed by atoms with Gasteiger partial charge in [-0.15, -0.1) is 0 Å². The summed E-state index contributed by atoms with van der Waals surface area (Å²) < 4.78 is 42.3. The maximum Gasteiger partial charge on any atom is 0.261 e. The molecule has 1 aliphatic heterocycles. The molecule has 0 radical (unpaired) electrons. The van der Waals surface area contributed by atoms with Gasteiger partial charge in [0.1, 0.15) is 22.9 Å². The van der Waals surface area contributed by atoms with Gasteiger partial charge in [-0.05, 0) is 32.9 Å². The highest BCUT2D eigenvalue weighted by Crippen LogP contribution is 2.53. The molecular weight excluding hydrogens is 565 g/mol. The van der Waals surface area contributed by atoms with E-state index in [4.69, 9.17) is 5.73 Å². The Morgan fingerprint density at radius 3 is 2.45 bits per heavy atom. The molecule has 12 nitrogen and oxygen atoms in total. The number of hydrogen-bond acceptors (Lipinski definition) is 10. The maximum atomic E-state index is 15.4. The number of ketones is 2. The highest BCUT2D eigenvalue weighted by Gasteiger charge is 2.63. The van der Waals surface area contributed by atoms with Crippen molar-refractivity contribution in [2.75, 3.05) is 39.0 Å². The molecule has 4 atom stereocenters. The van der Waals surface area contributed by atoms with Crippen molar-refractivity contribution < 1.29 is 52.8 Å². The Labute approximate surface area is 236 Å². The van der Waals surface area contributed by atoms with Crippen LogP contribution >= 0.6 is 0 Å². The predicted octanol–water partition coefficient (Wildman–Crippen LogP) is 0.539. The van der Waals surface area contributed by atoms with Crippen molar-refractivity contribution in [2.24, 2.45) is 17.6 Å². The van der Waals surface area contributed by atoms with E-state index < -0.39 is 118 Å². The standard InChI is InChI=1S/C27H29F3N4O8/c1-33(2)19-12-6-10-5-11-13(28)7-14(32-15(35)8-34-4-3-26(29,30)9-34)20(36)17(11)21(37)16(10)23(39)27(12,42)24(40)18(22(19)38)25(31)41/h7,10,12,19,36,38-39,42H,3-6,8-9H2,1-2H3,(H2,31,41)(H,32,35)/t10-,12-,19-,27-/m0/s1. The minimum atomic E-state index is -2.96. The van der Waals surface area contributed by atoms with Gasteiger partial charge in [0.2, 0.25) is 11.7 Å². The molecule has 4 aliphatic rings. The number of rotatable bonds is 5. The van der Waals surface area contributed by atoms with Crippen molar-refractivity contribution in [1.29, 1.82) is 0 Å². The Balaban J connectivity index is 1.54. The lowest BCUT2D eigenvalue weighted by molar-refractivity contribution is -0.148. The summed E-state index contributed by atoms with van der Waals surface area (Å²) in [6.45, 7) is -1.19. The van der Waals surface area contributed by atoms with Gasteiger partial charge in [0.25, 0.3) is 11.8 Å². The SMILES string of the molecule is CN(C)[C@@H]1C(O)=C(C(N)=O)C(=O)[C@@]2(O)C(O)=C3C(=O)c4c(O)c(NC(=O)CN5CCC(F)(F)C5)cc(F)c4C[C@H]3C[C@@H]12. The molecule has 42 heavy (non-hydrogen) atoms. The number of allylic oxidation sites excluding steroid dienone is 1. The number of halogens is 3. The fraction of sp³-hybridized carbons (Fsp3) is 0.481. The second-order valence-electron chi connectivity index (χ2n) is 11.4. The number of nitrogens with two attached hydrogens (primary N) is 1. The Kier molecular flexibility index (Phi) is 6.90. The third-order valence-electron chi connectivity index (χ3n) is 8.56. The number of aromatic hydroxyl groups is 1. The summed E-state index contributed by atoms with van der Waals surface area (Å²) in [6.07, 6.45) is -0.926. The number of likely N-dealkylation sites (tertiary alicyclic amines) is 1. The molecule has 1 heterocycles. The number of anilines is 1. The zero-order valence-corrected chi connectivity index (χ0v) is 22.6. The summed E-state index contributed by atoms with van der Waals surface area (Å²) in [4.78, 5) is 54.2. The number of hydrogen-bond donors (Lipinski definition) is 6. The fourth-order valence-electron chi connectivity index (χ4n) is 6.70. The number of aliphatic hydroxyl groups is 3. The lowest BCUT2D eigenvalue weighted by Crippen LogP contribution is -2.63. The number of phenolic OH excluding ortho intramolecular Hbond substituents is 1. The Hall–Kier alpha value is -3.95. The third kappa shape index (κ3) is 4.34. The quantitative estimate of drug-likeness (QED) is 0.207. The van der Waals surface area contributed by atoms with Crippen LogP contribution < -0.4 is 11.1 Å². The first-order valence-corrected chi connectivity index (χ1v) is 13.1. The lowest BCUT2D eigenvalue weighted by atomic mass is 9.58. The maximum absolute atomic E-state index is 15.4. The van der Waals surface area contributed by atoms with Gasteiger partial charge in [-0.2, -0.15) is 0 Å². The number of Topliss-reactive ketones (excluding diaryl/α,β-unsaturated/α-hetero) is 2. The molecule has 15 heteroatoms. The van der Waals surface area contributed by atoms with Crippen molar-refractivity contribution in [3.63, 3.8) is 0 Å². The van der Waals surface area contributed by atoms with Crippen molar-refractivity contribution >= 4 is 29.1 Å². The number of amides is 2. The number of nitrogens with zero attached hydrogens (tertiary/aromatic N) is 2. The molecule has 0 bridgehead atoms. The molecule has 226 valence electrons. The number of benzene rings is 1. The van der Waals surface area contributed by atoms with E-state index in [9.17, 15) is 48.4 Å². The zero-order chi connectivity index (χ0) is 31.0. The summed E-state index contributed by atoms with van der Waals surface area (Å²) in [6, 6.07) is -0.409. The average molecular weight is 595 g/mol. The molecule has 3 aliphatic carbocycles. The summed E-state index contributed by atoms with van der Waals surface area (Å²) in [5, 5.41) is 46.8. The molecule has 1 aromatic rings. The monoisotopic (exact) mass is 594 g/mol. The van der Waals surface area contributed by atoms with Gasteiger partial charge in [0.05, 0.1) is 30.4 Å². The average Bonchev–Trinajstić information content (AvgIpc) is 3.21. The van der Waals surface area contributed by atoms with Gasteiger partial charge in [0.15, 0.2) is 17.1 Å². The molecule has 0 unspecified atom stereocenters. The van der Waals surface area contributed by atoms with E-state index in [2.05, 4.69) is 5.32 Å². The van der Waals surface area contributed by atoms with Crippen molar-refractivity contribution in [1.82, 2.24) is 9.80 Å². The number of carbonyl (C=O) groups is 4. The van der Waals surface area contributed by atoms with Crippen LogP contribution in [-0.4, -0.2) is 105 Å². The molecule has 0 aromatic heterocycles. The number of likely N-dealkylation sites (N-methyl/N-ethyl adjacent to an activating group) is 1. The van der Waals surface area contributed by atoms with Gasteiger partial charge in [-0.1, -0.05) is 0 Å². The van der Waals surface area contributed by atoms with Crippen LogP contribution in [0.15, 0.2) is 28.7 Å². The van der Waals surface area contributed by atoms with E-state index >= 15 is 4.39 Å². The first kappa shape index (κ1) is 29.5. The Bertz CT molecular complexity index is 1510. The first-order chi connectivity index (χ1) is 19.5. The van der Waals surface area contributed by atoms with Crippen LogP contribution in [0.5, 0.6) is 5.75 Å². The molecular formula is C27H29F3N4O8. The topological polar surface area (TPSA) is 194 Å². The molecule has 2 amide bonds. The number of nitrogens with one attached hydrogen (secondary N) is 1. The molecule has 1 aromatic carbocycles. The van der Waals surface area contributed by atoms with Crippen molar-refractivity contribution in [3.8, 4) is 5.75 Å². The Morgan fingerprint density at radius 1 is 1.21 bits per heavy atom. The van der Waals surface area contributed by atoms with E-state index in [1.54, 1.807) is 0 Å². The van der Waals surface area contributed by atoms with Crippen LogP contribution in [0, 0.1) is 17.7 Å². The van der Waals surface area contributed by atoms with Gasteiger partial charge in [-0.25, -0.2) is 13.2 Å². The Morgan fingerprint density at radius 2 is 1.88 bits per heavy atom. The molecule has 1 fully saturated rings. The fourth-order valence-corrected chi connectivity index (χ4v) is 6.70. The second-order valence-corrected chi connectivity index (χ2v) is 11.4. The van der Waals surface area contributed by atoms with Gasteiger partial charge in [-0.3, -0.25) is 29.0 Å².